The van der Waals surface area contributed by atoms with Crippen molar-refractivity contribution in [1.82, 2.24) is 4.90 Å². The molecular formula is C15H19BrN2OS. The fourth-order valence-electron chi connectivity index (χ4n) is 2.54. The predicted octanol–water partition coefficient (Wildman–Crippen LogP) is 4.08. The minimum atomic E-state index is 0.280. The molecule has 2 aromatic heterocycles. The van der Waals surface area contributed by atoms with Gasteiger partial charge in [-0.25, -0.2) is 0 Å². The van der Waals surface area contributed by atoms with Gasteiger partial charge < -0.3 is 10.2 Å². The second-order valence-electron chi connectivity index (χ2n) is 5.29. The molecule has 0 saturated heterocycles. The summed E-state index contributed by atoms with van der Waals surface area (Å²) in [6.45, 7) is 3.62. The Morgan fingerprint density at radius 1 is 1.55 bits per heavy atom. The van der Waals surface area contributed by atoms with Gasteiger partial charge in [-0.05, 0) is 53.9 Å². The Bertz CT molecular complexity index is 543. The van der Waals surface area contributed by atoms with Gasteiger partial charge in [0.25, 0.3) is 0 Å². The van der Waals surface area contributed by atoms with Gasteiger partial charge in [-0.2, -0.15) is 0 Å². The van der Waals surface area contributed by atoms with Crippen LogP contribution in [0.4, 0.5) is 0 Å². The summed E-state index contributed by atoms with van der Waals surface area (Å²) < 4.78 is 6.70. The fraction of sp³-hybridized carbons (Fsp3) is 0.467. The van der Waals surface area contributed by atoms with E-state index in [-0.39, 0.29) is 6.04 Å². The van der Waals surface area contributed by atoms with Crippen LogP contribution < -0.4 is 5.73 Å². The summed E-state index contributed by atoms with van der Waals surface area (Å²) in [6.07, 6.45) is 4.27. The molecule has 1 unspecified atom stereocenters. The Morgan fingerprint density at radius 2 is 2.35 bits per heavy atom. The van der Waals surface area contributed by atoms with Crippen LogP contribution >= 0.6 is 27.3 Å². The second kappa shape index (κ2) is 6.02. The predicted molar refractivity (Wildman–Crippen MR) is 85.8 cm³/mol. The molecule has 20 heavy (non-hydrogen) atoms. The van der Waals surface area contributed by atoms with E-state index < -0.39 is 0 Å². The highest BCUT2D eigenvalue weighted by Gasteiger charge is 2.35. The van der Waals surface area contributed by atoms with Gasteiger partial charge >= 0.3 is 0 Å². The van der Waals surface area contributed by atoms with Crippen LogP contribution in [-0.4, -0.2) is 17.5 Å². The smallest absolute Gasteiger partial charge is 0.117 e. The lowest BCUT2D eigenvalue weighted by Crippen LogP contribution is -2.34. The molecule has 0 aliphatic heterocycles. The molecule has 1 aliphatic carbocycles. The van der Waals surface area contributed by atoms with Crippen LogP contribution in [-0.2, 0) is 6.54 Å². The molecule has 0 aromatic carbocycles. The summed E-state index contributed by atoms with van der Waals surface area (Å²) in [5, 5.41) is 0. The third-order valence-electron chi connectivity index (χ3n) is 3.76. The van der Waals surface area contributed by atoms with E-state index in [1.165, 1.54) is 27.1 Å². The van der Waals surface area contributed by atoms with E-state index in [1.807, 2.05) is 23.5 Å². The zero-order valence-electron chi connectivity index (χ0n) is 11.5. The maximum atomic E-state index is 6.08. The minimum absolute atomic E-state index is 0.280. The van der Waals surface area contributed by atoms with Gasteiger partial charge in [0.05, 0.1) is 18.8 Å². The monoisotopic (exact) mass is 354 g/mol. The number of rotatable bonds is 6. The van der Waals surface area contributed by atoms with Gasteiger partial charge in [0.2, 0.25) is 0 Å². The highest BCUT2D eigenvalue weighted by molar-refractivity contribution is 9.10. The highest BCUT2D eigenvalue weighted by Crippen LogP contribution is 2.39. The first-order valence-corrected chi connectivity index (χ1v) is 8.54. The molecule has 3 rings (SSSR count). The maximum absolute atomic E-state index is 6.08. The summed E-state index contributed by atoms with van der Waals surface area (Å²) in [5.74, 6) is 1.02. The van der Waals surface area contributed by atoms with Crippen molar-refractivity contribution in [1.29, 1.82) is 0 Å². The van der Waals surface area contributed by atoms with Crippen LogP contribution in [0, 0.1) is 6.92 Å². The van der Waals surface area contributed by atoms with Crippen LogP contribution in [0.3, 0.4) is 0 Å². The molecule has 0 bridgehead atoms. The molecule has 1 fully saturated rings. The Morgan fingerprint density at radius 3 is 2.85 bits per heavy atom. The zero-order valence-corrected chi connectivity index (χ0v) is 13.9. The second-order valence-corrected chi connectivity index (χ2v) is 7.43. The normalized spacial score (nSPS) is 16.8. The number of nitrogens with two attached hydrogens (primary N) is 1. The van der Waals surface area contributed by atoms with Gasteiger partial charge in [0.15, 0.2) is 0 Å². The number of halogens is 1. The van der Waals surface area contributed by atoms with Crippen molar-refractivity contribution in [3.05, 3.63) is 44.4 Å². The number of aryl methyl sites for hydroxylation is 1. The van der Waals surface area contributed by atoms with Gasteiger partial charge in [-0.15, -0.1) is 11.3 Å². The lowest BCUT2D eigenvalue weighted by molar-refractivity contribution is 0.170. The molecule has 1 atom stereocenters. The van der Waals surface area contributed by atoms with E-state index in [0.717, 1.165) is 12.3 Å². The molecule has 0 spiro atoms. The molecule has 1 saturated carbocycles. The van der Waals surface area contributed by atoms with E-state index in [0.29, 0.717) is 12.6 Å². The van der Waals surface area contributed by atoms with Gasteiger partial charge in [-0.3, -0.25) is 4.90 Å². The number of nitrogens with zero attached hydrogens (tertiary/aromatic N) is 1. The average Bonchev–Trinajstić information content (AvgIpc) is 3.05. The van der Waals surface area contributed by atoms with Crippen molar-refractivity contribution in [2.24, 2.45) is 5.73 Å². The van der Waals surface area contributed by atoms with Crippen molar-refractivity contribution in [3.63, 3.8) is 0 Å². The van der Waals surface area contributed by atoms with Crippen LogP contribution in [0.2, 0.25) is 0 Å². The maximum Gasteiger partial charge on any atom is 0.117 e. The zero-order chi connectivity index (χ0) is 14.1. The largest absolute Gasteiger partial charge is 0.468 e. The van der Waals surface area contributed by atoms with Gasteiger partial charge in [-0.1, -0.05) is 0 Å². The summed E-state index contributed by atoms with van der Waals surface area (Å²) in [4.78, 5) is 5.15. The molecule has 0 amide bonds. The summed E-state index contributed by atoms with van der Waals surface area (Å²) >= 11 is 5.44. The van der Waals surface area contributed by atoms with Crippen molar-refractivity contribution in [3.8, 4) is 0 Å². The van der Waals surface area contributed by atoms with E-state index in [4.69, 9.17) is 10.2 Å². The number of hydrogen-bond acceptors (Lipinski definition) is 4. The van der Waals surface area contributed by atoms with E-state index in [9.17, 15) is 0 Å². The van der Waals surface area contributed by atoms with E-state index in [1.54, 1.807) is 6.26 Å². The Balaban J connectivity index is 1.84. The third-order valence-corrected chi connectivity index (χ3v) is 6.00. The van der Waals surface area contributed by atoms with Crippen molar-refractivity contribution < 1.29 is 4.42 Å². The van der Waals surface area contributed by atoms with Crippen molar-refractivity contribution in [2.45, 2.75) is 38.4 Å². The van der Waals surface area contributed by atoms with Crippen molar-refractivity contribution in [2.75, 3.05) is 6.54 Å². The first-order valence-electron chi connectivity index (χ1n) is 6.93. The van der Waals surface area contributed by atoms with Crippen LogP contribution in [0.5, 0.6) is 0 Å². The molecule has 3 nitrogen and oxygen atoms in total. The SMILES string of the molecule is Cc1sc(C(CN)N(Cc2ccco2)C2CC2)cc1Br. The Kier molecular flexibility index (Phi) is 4.31. The average molecular weight is 355 g/mol. The Hall–Kier alpha value is -0.620. The quantitative estimate of drug-likeness (QED) is 0.849. The third kappa shape index (κ3) is 3.01. The molecule has 5 heteroatoms. The molecule has 1 aliphatic rings. The minimum Gasteiger partial charge on any atom is -0.468 e. The standard InChI is InChI=1S/C15H19BrN2OS/c1-10-13(16)7-15(20-10)14(8-17)18(11-4-5-11)9-12-3-2-6-19-12/h2-3,6-7,11,14H,4-5,8-9,17H2,1H3. The van der Waals surface area contributed by atoms with Crippen LogP contribution in [0.25, 0.3) is 0 Å². The highest BCUT2D eigenvalue weighted by atomic mass is 79.9. The topological polar surface area (TPSA) is 42.4 Å². The molecular weight excluding hydrogens is 336 g/mol. The molecule has 2 aromatic rings. The summed E-state index contributed by atoms with van der Waals surface area (Å²) in [7, 11) is 0. The summed E-state index contributed by atoms with van der Waals surface area (Å²) in [6, 6.07) is 7.13. The van der Waals surface area contributed by atoms with Gasteiger partial charge in [0.1, 0.15) is 5.76 Å². The van der Waals surface area contributed by atoms with Crippen LogP contribution in [0.1, 0.15) is 34.4 Å². The molecule has 0 radical (unpaired) electrons. The fourth-order valence-corrected chi connectivity index (χ4v) is 4.24. The Labute approximate surface area is 131 Å². The lowest BCUT2D eigenvalue weighted by atomic mass is 10.2. The lowest BCUT2D eigenvalue weighted by Gasteiger charge is -2.29. The molecule has 108 valence electrons. The summed E-state index contributed by atoms with van der Waals surface area (Å²) in [5.41, 5.74) is 6.08. The first-order chi connectivity index (χ1) is 9.69. The first kappa shape index (κ1) is 14.3. The van der Waals surface area contributed by atoms with E-state index in [2.05, 4.69) is 33.8 Å². The molecule has 2 N–H and O–H groups in total. The number of furan rings is 1. The van der Waals surface area contributed by atoms with E-state index >= 15 is 0 Å². The number of hydrogen-bond donors (Lipinski definition) is 1. The van der Waals surface area contributed by atoms with Crippen molar-refractivity contribution >= 4 is 27.3 Å². The molecule has 2 heterocycles. The van der Waals surface area contributed by atoms with Gasteiger partial charge in [0, 0.05) is 26.8 Å². The van der Waals surface area contributed by atoms with Crippen LogP contribution in [0.15, 0.2) is 33.4 Å². The number of thiophene rings is 1.